The molecule has 2 heterocycles. The lowest BCUT2D eigenvalue weighted by atomic mass is 10.1. The van der Waals surface area contributed by atoms with E-state index >= 15 is 0 Å². The van der Waals surface area contributed by atoms with Gasteiger partial charge in [-0.05, 0) is 36.2 Å². The van der Waals surface area contributed by atoms with Crippen LogP contribution in [0, 0.1) is 13.8 Å². The maximum atomic E-state index is 12.1. The summed E-state index contributed by atoms with van der Waals surface area (Å²) in [6, 6.07) is 2.03. The Hall–Kier alpha value is -1.62. The molecule has 0 aliphatic heterocycles. The first-order valence-electron chi connectivity index (χ1n) is 5.74. The van der Waals surface area contributed by atoms with Gasteiger partial charge in [0, 0.05) is 19.2 Å². The van der Waals surface area contributed by atoms with Crippen molar-refractivity contribution in [2.45, 2.75) is 26.8 Å². The zero-order valence-electron chi connectivity index (χ0n) is 10.8. The van der Waals surface area contributed by atoms with E-state index in [0.717, 1.165) is 22.6 Å². The number of carbonyl (C=O) groups is 1. The van der Waals surface area contributed by atoms with Crippen molar-refractivity contribution in [3.63, 3.8) is 0 Å². The normalized spacial score (nSPS) is 10.6. The van der Waals surface area contributed by atoms with Crippen LogP contribution in [0.25, 0.3) is 0 Å². The smallest absolute Gasteiger partial charge is 0.227 e. The number of hydrogen-bond donors (Lipinski definition) is 0. The topological polar surface area (TPSA) is 46.3 Å². The number of amides is 1. The van der Waals surface area contributed by atoms with Crippen LogP contribution in [0.5, 0.6) is 0 Å². The molecule has 2 rings (SSSR count). The summed E-state index contributed by atoms with van der Waals surface area (Å²) in [5.41, 5.74) is 2.86. The van der Waals surface area contributed by atoms with Crippen molar-refractivity contribution in [2.24, 2.45) is 0 Å². The van der Waals surface area contributed by atoms with E-state index in [-0.39, 0.29) is 5.91 Å². The van der Waals surface area contributed by atoms with E-state index in [0.29, 0.717) is 13.0 Å². The van der Waals surface area contributed by atoms with Crippen LogP contribution in [0.1, 0.15) is 22.6 Å². The van der Waals surface area contributed by atoms with Crippen LogP contribution >= 0.6 is 11.3 Å². The maximum Gasteiger partial charge on any atom is 0.227 e. The predicted molar refractivity (Wildman–Crippen MR) is 70.5 cm³/mol. The van der Waals surface area contributed by atoms with Gasteiger partial charge in [-0.1, -0.05) is 5.16 Å². The van der Waals surface area contributed by atoms with Crippen molar-refractivity contribution >= 4 is 17.2 Å². The summed E-state index contributed by atoms with van der Waals surface area (Å²) in [6.45, 7) is 4.34. The first-order chi connectivity index (χ1) is 8.58. The van der Waals surface area contributed by atoms with E-state index in [2.05, 4.69) is 10.5 Å². The lowest BCUT2D eigenvalue weighted by Gasteiger charge is -2.16. The molecule has 0 atom stereocenters. The molecule has 0 radical (unpaired) electrons. The highest BCUT2D eigenvalue weighted by atomic mass is 32.1. The molecule has 0 saturated carbocycles. The van der Waals surface area contributed by atoms with E-state index in [1.54, 1.807) is 16.2 Å². The van der Waals surface area contributed by atoms with Crippen LogP contribution in [-0.4, -0.2) is 23.0 Å². The number of aromatic nitrogens is 1. The molecule has 0 N–H and O–H groups in total. The lowest BCUT2D eigenvalue weighted by molar-refractivity contribution is -0.129. The molecular weight excluding hydrogens is 248 g/mol. The van der Waals surface area contributed by atoms with Crippen LogP contribution in [0.15, 0.2) is 21.3 Å². The number of nitrogens with zero attached hydrogens (tertiary/aromatic N) is 2. The van der Waals surface area contributed by atoms with E-state index in [1.807, 2.05) is 32.3 Å². The quantitative estimate of drug-likeness (QED) is 0.852. The molecule has 18 heavy (non-hydrogen) atoms. The van der Waals surface area contributed by atoms with Gasteiger partial charge < -0.3 is 9.42 Å². The first kappa shape index (κ1) is 12.8. The molecule has 0 aliphatic carbocycles. The van der Waals surface area contributed by atoms with Gasteiger partial charge in [0.05, 0.1) is 12.1 Å². The molecule has 4 nitrogen and oxygen atoms in total. The molecule has 0 unspecified atom stereocenters. The molecule has 0 bridgehead atoms. The fraction of sp³-hybridized carbons (Fsp3) is 0.385. The molecule has 96 valence electrons. The van der Waals surface area contributed by atoms with Gasteiger partial charge in [0.1, 0.15) is 5.76 Å². The third-order valence-electron chi connectivity index (χ3n) is 2.93. The molecule has 1 amide bonds. The van der Waals surface area contributed by atoms with E-state index in [1.165, 1.54) is 0 Å². The molecular formula is C13H16N2O2S. The van der Waals surface area contributed by atoms with E-state index in [4.69, 9.17) is 4.52 Å². The molecule has 2 aromatic rings. The van der Waals surface area contributed by atoms with Crippen LogP contribution in [0.2, 0.25) is 0 Å². The average molecular weight is 264 g/mol. The van der Waals surface area contributed by atoms with Gasteiger partial charge in [0.2, 0.25) is 5.91 Å². The summed E-state index contributed by atoms with van der Waals surface area (Å²) in [6.07, 6.45) is 0.349. The molecule has 0 saturated heterocycles. The summed E-state index contributed by atoms with van der Waals surface area (Å²) < 4.78 is 5.06. The van der Waals surface area contributed by atoms with Crippen LogP contribution < -0.4 is 0 Å². The van der Waals surface area contributed by atoms with Crippen molar-refractivity contribution in [3.05, 3.63) is 39.4 Å². The number of rotatable bonds is 4. The Morgan fingerprint density at radius 2 is 2.28 bits per heavy atom. The summed E-state index contributed by atoms with van der Waals surface area (Å²) in [5.74, 6) is 0.806. The number of carbonyl (C=O) groups excluding carboxylic acids is 1. The molecule has 0 aliphatic rings. The van der Waals surface area contributed by atoms with Gasteiger partial charge in [0.15, 0.2) is 0 Å². The van der Waals surface area contributed by atoms with Crippen molar-refractivity contribution < 1.29 is 9.32 Å². The van der Waals surface area contributed by atoms with Crippen molar-refractivity contribution in [2.75, 3.05) is 7.05 Å². The Bertz CT molecular complexity index is 512. The molecule has 0 spiro atoms. The number of likely N-dealkylation sites (N-methyl/N-ethyl adjacent to an activating group) is 1. The van der Waals surface area contributed by atoms with Gasteiger partial charge in [-0.3, -0.25) is 4.79 Å². The first-order valence-corrected chi connectivity index (χ1v) is 6.69. The number of aryl methyl sites for hydroxylation is 2. The Morgan fingerprint density at radius 3 is 2.83 bits per heavy atom. The fourth-order valence-electron chi connectivity index (χ4n) is 1.79. The molecule has 2 aromatic heterocycles. The standard InChI is InChI=1S/C13H16N2O2S/c1-9-12(10(2)17-14-9)6-13(16)15(3)7-11-4-5-18-8-11/h4-5,8H,6-7H2,1-3H3. The van der Waals surface area contributed by atoms with Crippen LogP contribution in [-0.2, 0) is 17.8 Å². The third-order valence-corrected chi connectivity index (χ3v) is 3.67. The van der Waals surface area contributed by atoms with E-state index < -0.39 is 0 Å². The maximum absolute atomic E-state index is 12.1. The number of thiophene rings is 1. The highest BCUT2D eigenvalue weighted by molar-refractivity contribution is 7.07. The summed E-state index contributed by atoms with van der Waals surface area (Å²) >= 11 is 1.64. The van der Waals surface area contributed by atoms with Crippen LogP contribution in [0.3, 0.4) is 0 Å². The number of hydrogen-bond acceptors (Lipinski definition) is 4. The Morgan fingerprint density at radius 1 is 1.50 bits per heavy atom. The Labute approximate surface area is 110 Å². The molecule has 0 aromatic carbocycles. The van der Waals surface area contributed by atoms with Gasteiger partial charge in [0.25, 0.3) is 0 Å². The summed E-state index contributed by atoms with van der Waals surface area (Å²) in [7, 11) is 1.82. The largest absolute Gasteiger partial charge is 0.361 e. The molecule has 5 heteroatoms. The average Bonchev–Trinajstić information content (AvgIpc) is 2.94. The van der Waals surface area contributed by atoms with Gasteiger partial charge in [-0.25, -0.2) is 0 Å². The second kappa shape index (κ2) is 5.35. The van der Waals surface area contributed by atoms with Crippen LogP contribution in [0.4, 0.5) is 0 Å². The fourth-order valence-corrected chi connectivity index (χ4v) is 2.44. The summed E-state index contributed by atoms with van der Waals surface area (Å²) in [4.78, 5) is 13.8. The Balaban J connectivity index is 2.00. The van der Waals surface area contributed by atoms with Gasteiger partial charge in [-0.2, -0.15) is 11.3 Å². The zero-order valence-corrected chi connectivity index (χ0v) is 11.6. The SMILES string of the molecule is Cc1noc(C)c1CC(=O)N(C)Cc1ccsc1. The second-order valence-electron chi connectivity index (χ2n) is 4.36. The Kier molecular flexibility index (Phi) is 3.81. The van der Waals surface area contributed by atoms with Crippen molar-refractivity contribution in [3.8, 4) is 0 Å². The third kappa shape index (κ3) is 2.79. The van der Waals surface area contributed by atoms with E-state index in [9.17, 15) is 4.79 Å². The lowest BCUT2D eigenvalue weighted by Crippen LogP contribution is -2.27. The monoisotopic (exact) mass is 264 g/mol. The van der Waals surface area contributed by atoms with Crippen molar-refractivity contribution in [1.29, 1.82) is 0 Å². The van der Waals surface area contributed by atoms with Gasteiger partial charge >= 0.3 is 0 Å². The highest BCUT2D eigenvalue weighted by Crippen LogP contribution is 2.15. The minimum Gasteiger partial charge on any atom is -0.361 e. The van der Waals surface area contributed by atoms with Gasteiger partial charge in [-0.15, -0.1) is 0 Å². The highest BCUT2D eigenvalue weighted by Gasteiger charge is 2.16. The summed E-state index contributed by atoms with van der Waals surface area (Å²) in [5, 5.41) is 7.93. The minimum absolute atomic E-state index is 0.0793. The second-order valence-corrected chi connectivity index (χ2v) is 5.14. The molecule has 0 fully saturated rings. The van der Waals surface area contributed by atoms with Crippen molar-refractivity contribution in [1.82, 2.24) is 10.1 Å². The predicted octanol–water partition coefficient (Wildman–Crippen LogP) is 2.55. The minimum atomic E-state index is 0.0793. The zero-order chi connectivity index (χ0) is 13.1.